The third-order valence-corrected chi connectivity index (χ3v) is 2.43. The molecule has 2 aromatic rings. The molecule has 0 saturated carbocycles. The van der Waals surface area contributed by atoms with Crippen LogP contribution in [0, 0.1) is 10.1 Å². The third kappa shape index (κ3) is 3.35. The summed E-state index contributed by atoms with van der Waals surface area (Å²) in [5.41, 5.74) is 1.01. The van der Waals surface area contributed by atoms with Gasteiger partial charge in [-0.3, -0.25) is 20.1 Å². The Morgan fingerprint density at radius 2 is 2.21 bits per heavy atom. The van der Waals surface area contributed by atoms with E-state index >= 15 is 0 Å². The molecule has 1 aromatic heterocycles. The summed E-state index contributed by atoms with van der Waals surface area (Å²) < 4.78 is 0. The first-order valence-corrected chi connectivity index (χ1v) is 5.54. The number of nitrogens with zero attached hydrogens (tertiary/aromatic N) is 3. The molecule has 96 valence electrons. The number of aromatic hydroxyl groups is 1. The molecule has 0 unspecified atom stereocenters. The molecule has 0 spiro atoms. The van der Waals surface area contributed by atoms with Gasteiger partial charge in [0.05, 0.1) is 17.2 Å². The molecular weight excluding hydrogens is 246 g/mol. The second kappa shape index (κ2) is 5.72. The van der Waals surface area contributed by atoms with E-state index in [-0.39, 0.29) is 11.4 Å². The summed E-state index contributed by atoms with van der Waals surface area (Å²) in [6, 6.07) is 9.27. The van der Waals surface area contributed by atoms with Gasteiger partial charge in [0.2, 0.25) is 0 Å². The normalized spacial score (nSPS) is 10.7. The number of phenolic OH excluding ortho intramolecular Hbond substituents is 1. The van der Waals surface area contributed by atoms with Crippen LogP contribution in [0.4, 0.5) is 5.69 Å². The maximum Gasteiger partial charge on any atom is 0.270 e. The van der Waals surface area contributed by atoms with Crippen molar-refractivity contribution in [3.63, 3.8) is 0 Å². The molecule has 0 amide bonds. The molecule has 0 aliphatic carbocycles. The van der Waals surface area contributed by atoms with Crippen molar-refractivity contribution >= 4 is 11.9 Å². The quantitative estimate of drug-likeness (QED) is 0.517. The predicted octanol–water partition coefficient (Wildman–Crippen LogP) is 2.31. The van der Waals surface area contributed by atoms with E-state index in [4.69, 9.17) is 0 Å². The van der Waals surface area contributed by atoms with Crippen molar-refractivity contribution in [1.82, 2.24) is 4.98 Å². The van der Waals surface area contributed by atoms with Crippen molar-refractivity contribution < 1.29 is 10.0 Å². The van der Waals surface area contributed by atoms with Crippen LogP contribution in [0.5, 0.6) is 5.75 Å². The van der Waals surface area contributed by atoms with E-state index in [2.05, 4.69) is 9.98 Å². The van der Waals surface area contributed by atoms with Crippen LogP contribution < -0.4 is 0 Å². The largest absolute Gasteiger partial charge is 0.507 e. The Labute approximate surface area is 109 Å². The Bertz CT molecular complexity index is 612. The molecule has 0 aliphatic heterocycles. The van der Waals surface area contributed by atoms with Crippen molar-refractivity contribution in [3.05, 3.63) is 64.0 Å². The maximum absolute atomic E-state index is 10.6. The Hall–Kier alpha value is -2.76. The average Bonchev–Trinajstić information content (AvgIpc) is 2.42. The Balaban J connectivity index is 2.14. The first-order chi connectivity index (χ1) is 9.16. The number of aromatic nitrogens is 1. The highest BCUT2D eigenvalue weighted by Crippen LogP contribution is 2.21. The number of hydrogen-bond acceptors (Lipinski definition) is 5. The number of hydrogen-bond donors (Lipinski definition) is 1. The van der Waals surface area contributed by atoms with Crippen LogP contribution in [0.15, 0.2) is 47.6 Å². The molecule has 2 rings (SSSR count). The van der Waals surface area contributed by atoms with Gasteiger partial charge in [-0.2, -0.15) is 0 Å². The van der Waals surface area contributed by atoms with Gasteiger partial charge in [-0.15, -0.1) is 0 Å². The minimum absolute atomic E-state index is 0.0460. The molecular formula is C13H11N3O3. The fourth-order valence-corrected chi connectivity index (χ4v) is 1.49. The van der Waals surface area contributed by atoms with Crippen LogP contribution in [0.25, 0.3) is 0 Å². The van der Waals surface area contributed by atoms with Gasteiger partial charge >= 0.3 is 0 Å². The number of phenols is 1. The fourth-order valence-electron chi connectivity index (χ4n) is 1.49. The maximum atomic E-state index is 10.6. The van der Waals surface area contributed by atoms with Crippen molar-refractivity contribution in [2.45, 2.75) is 6.54 Å². The second-order valence-corrected chi connectivity index (χ2v) is 3.79. The van der Waals surface area contributed by atoms with Crippen LogP contribution in [-0.2, 0) is 6.54 Å². The lowest BCUT2D eigenvalue weighted by molar-refractivity contribution is -0.384. The first-order valence-electron chi connectivity index (χ1n) is 5.54. The zero-order chi connectivity index (χ0) is 13.7. The van der Waals surface area contributed by atoms with E-state index in [1.807, 2.05) is 12.1 Å². The van der Waals surface area contributed by atoms with Crippen molar-refractivity contribution in [2.24, 2.45) is 4.99 Å². The number of pyridine rings is 1. The SMILES string of the molecule is O=[N+]([O-])c1ccc(O)c(C=NCc2ccccn2)c1. The molecule has 0 saturated heterocycles. The number of aliphatic imine (C=N–C) groups is 1. The smallest absolute Gasteiger partial charge is 0.270 e. The molecule has 0 aliphatic rings. The van der Waals surface area contributed by atoms with Crippen LogP contribution in [0.2, 0.25) is 0 Å². The lowest BCUT2D eigenvalue weighted by Gasteiger charge is -1.99. The fraction of sp³-hybridized carbons (Fsp3) is 0.0769. The number of rotatable bonds is 4. The van der Waals surface area contributed by atoms with Crippen molar-refractivity contribution in [3.8, 4) is 5.75 Å². The van der Waals surface area contributed by atoms with Crippen molar-refractivity contribution in [2.75, 3.05) is 0 Å². The van der Waals surface area contributed by atoms with Gasteiger partial charge in [0.1, 0.15) is 5.75 Å². The molecule has 0 radical (unpaired) electrons. The first kappa shape index (κ1) is 12.7. The minimum Gasteiger partial charge on any atom is -0.507 e. The summed E-state index contributed by atoms with van der Waals surface area (Å²) in [6.45, 7) is 0.350. The molecule has 1 aromatic carbocycles. The highest BCUT2D eigenvalue weighted by Gasteiger charge is 2.08. The lowest BCUT2D eigenvalue weighted by Crippen LogP contribution is -1.91. The standard InChI is InChI=1S/C13H11N3O3/c17-13-5-4-12(16(18)19)7-10(13)8-14-9-11-3-1-2-6-15-11/h1-8,17H,9H2. The Morgan fingerprint density at radius 3 is 2.89 bits per heavy atom. The molecule has 0 bridgehead atoms. The monoisotopic (exact) mass is 257 g/mol. The van der Waals surface area contributed by atoms with E-state index in [0.717, 1.165) is 5.69 Å². The molecule has 1 heterocycles. The van der Waals surface area contributed by atoms with Gasteiger partial charge in [0.15, 0.2) is 0 Å². The van der Waals surface area contributed by atoms with Gasteiger partial charge in [0, 0.05) is 30.1 Å². The highest BCUT2D eigenvalue weighted by molar-refractivity contribution is 5.84. The van der Waals surface area contributed by atoms with E-state index < -0.39 is 4.92 Å². The van der Waals surface area contributed by atoms with Gasteiger partial charge in [0.25, 0.3) is 5.69 Å². The lowest BCUT2D eigenvalue weighted by atomic mass is 10.2. The third-order valence-electron chi connectivity index (χ3n) is 2.43. The topological polar surface area (TPSA) is 88.6 Å². The summed E-state index contributed by atoms with van der Waals surface area (Å²) in [5, 5.41) is 20.2. The van der Waals surface area contributed by atoms with Gasteiger partial charge in [-0.25, -0.2) is 0 Å². The minimum atomic E-state index is -0.518. The molecule has 6 nitrogen and oxygen atoms in total. The van der Waals surface area contributed by atoms with Gasteiger partial charge < -0.3 is 5.11 Å². The van der Waals surface area contributed by atoms with E-state index in [1.54, 1.807) is 12.3 Å². The predicted molar refractivity (Wildman–Crippen MR) is 70.3 cm³/mol. The van der Waals surface area contributed by atoms with Gasteiger partial charge in [-0.1, -0.05) is 6.07 Å². The molecule has 6 heteroatoms. The van der Waals surface area contributed by atoms with E-state index in [1.165, 1.54) is 24.4 Å². The zero-order valence-corrected chi connectivity index (χ0v) is 9.93. The van der Waals surface area contributed by atoms with Crippen LogP contribution in [-0.4, -0.2) is 21.2 Å². The summed E-state index contributed by atoms with van der Waals surface area (Å²) in [4.78, 5) is 18.3. The van der Waals surface area contributed by atoms with Crippen LogP contribution in [0.1, 0.15) is 11.3 Å². The van der Waals surface area contributed by atoms with E-state index in [9.17, 15) is 15.2 Å². The van der Waals surface area contributed by atoms with E-state index in [0.29, 0.717) is 12.1 Å². The molecule has 0 atom stereocenters. The zero-order valence-electron chi connectivity index (χ0n) is 9.93. The Kier molecular flexibility index (Phi) is 3.82. The summed E-state index contributed by atoms with van der Waals surface area (Å²) in [5.74, 6) is -0.0460. The summed E-state index contributed by atoms with van der Waals surface area (Å²) in [7, 11) is 0. The summed E-state index contributed by atoms with van der Waals surface area (Å²) >= 11 is 0. The number of non-ortho nitro benzene ring substituents is 1. The van der Waals surface area contributed by atoms with Crippen molar-refractivity contribution in [1.29, 1.82) is 0 Å². The molecule has 1 N–H and O–H groups in total. The number of nitro groups is 1. The highest BCUT2D eigenvalue weighted by atomic mass is 16.6. The van der Waals surface area contributed by atoms with Crippen LogP contribution in [0.3, 0.4) is 0 Å². The Morgan fingerprint density at radius 1 is 1.37 bits per heavy atom. The number of benzene rings is 1. The molecule has 19 heavy (non-hydrogen) atoms. The average molecular weight is 257 g/mol. The van der Waals surface area contributed by atoms with Crippen LogP contribution >= 0.6 is 0 Å². The summed E-state index contributed by atoms with van der Waals surface area (Å²) in [6.07, 6.45) is 3.06. The second-order valence-electron chi connectivity index (χ2n) is 3.79. The number of nitro benzene ring substituents is 1. The van der Waals surface area contributed by atoms with Gasteiger partial charge in [-0.05, 0) is 18.2 Å². The molecule has 0 fully saturated rings.